The van der Waals surface area contributed by atoms with E-state index < -0.39 is 0 Å². The van der Waals surface area contributed by atoms with Gasteiger partial charge in [0.25, 0.3) is 0 Å². The van der Waals surface area contributed by atoms with Gasteiger partial charge in [0.2, 0.25) is 0 Å². The summed E-state index contributed by atoms with van der Waals surface area (Å²) in [6, 6.07) is 16.3. The summed E-state index contributed by atoms with van der Waals surface area (Å²) in [5, 5.41) is 0. The summed E-state index contributed by atoms with van der Waals surface area (Å²) >= 11 is 0. The number of likely N-dealkylation sites (tertiary alicyclic amines) is 2. The van der Waals surface area contributed by atoms with E-state index >= 15 is 0 Å². The van der Waals surface area contributed by atoms with E-state index in [1.807, 2.05) is 58.3 Å². The summed E-state index contributed by atoms with van der Waals surface area (Å²) in [6.45, 7) is 1.64. The van der Waals surface area contributed by atoms with Crippen LogP contribution in [0.1, 0.15) is 48.9 Å². The predicted molar refractivity (Wildman–Crippen MR) is 104 cm³/mol. The number of anilines is 2. The quantitative estimate of drug-likeness (QED) is 0.805. The normalized spacial score (nSPS) is 22.8. The second kappa shape index (κ2) is 6.90. The van der Waals surface area contributed by atoms with Gasteiger partial charge in [-0.25, -0.2) is 4.79 Å². The van der Waals surface area contributed by atoms with Crippen LogP contribution in [0.25, 0.3) is 0 Å². The third kappa shape index (κ3) is 3.09. The van der Waals surface area contributed by atoms with Gasteiger partial charge in [-0.1, -0.05) is 24.3 Å². The van der Waals surface area contributed by atoms with Gasteiger partial charge in [-0.2, -0.15) is 0 Å². The molecule has 0 saturated carbocycles. The molecule has 5 heteroatoms. The number of nitrogen functional groups attached to an aromatic ring is 2. The van der Waals surface area contributed by atoms with Crippen LogP contribution < -0.4 is 11.5 Å². The molecule has 0 bridgehead atoms. The van der Waals surface area contributed by atoms with Crippen molar-refractivity contribution >= 4 is 17.4 Å². The van der Waals surface area contributed by atoms with Gasteiger partial charge in [0.05, 0.1) is 12.1 Å². The lowest BCUT2D eigenvalue weighted by molar-refractivity contribution is 0.143. The Bertz CT molecular complexity index is 706. The van der Waals surface area contributed by atoms with E-state index in [4.69, 9.17) is 11.5 Å². The molecule has 2 atom stereocenters. The highest BCUT2D eigenvalue weighted by molar-refractivity contribution is 5.76. The number of carbonyl (C=O) groups excluding carboxylic acids is 1. The first-order valence-corrected chi connectivity index (χ1v) is 9.41. The Morgan fingerprint density at radius 2 is 1.12 bits per heavy atom. The zero-order chi connectivity index (χ0) is 18.1. The fourth-order valence-corrected chi connectivity index (χ4v) is 4.29. The Labute approximate surface area is 154 Å². The molecule has 0 radical (unpaired) electrons. The molecule has 2 aromatic carbocycles. The van der Waals surface area contributed by atoms with Crippen LogP contribution >= 0.6 is 0 Å². The number of nitrogens with zero attached hydrogens (tertiary/aromatic N) is 2. The van der Waals surface area contributed by atoms with E-state index in [-0.39, 0.29) is 18.1 Å². The van der Waals surface area contributed by atoms with Gasteiger partial charge < -0.3 is 21.3 Å². The average Bonchev–Trinajstić information content (AvgIpc) is 3.32. The largest absolute Gasteiger partial charge is 0.399 e. The Morgan fingerprint density at radius 1 is 0.731 bits per heavy atom. The Morgan fingerprint density at radius 3 is 1.50 bits per heavy atom. The van der Waals surface area contributed by atoms with Crippen LogP contribution in [-0.2, 0) is 0 Å². The lowest BCUT2D eigenvalue weighted by atomic mass is 10.0. The molecule has 2 amide bonds. The van der Waals surface area contributed by atoms with Crippen LogP contribution in [0.4, 0.5) is 16.2 Å². The van der Waals surface area contributed by atoms with Crippen LogP contribution in [0, 0.1) is 0 Å². The van der Waals surface area contributed by atoms with Gasteiger partial charge in [-0.15, -0.1) is 0 Å². The lowest BCUT2D eigenvalue weighted by Crippen LogP contribution is -2.42. The van der Waals surface area contributed by atoms with E-state index in [2.05, 4.69) is 0 Å². The standard InChI is InChI=1S/C21H26N4O/c22-17-9-5-15(6-10-17)19-3-1-13-24(19)21(26)25-14-2-4-20(25)16-7-11-18(23)12-8-16/h5-12,19-20H,1-4,13-14,22-23H2. The molecular formula is C21H26N4O. The molecule has 2 aliphatic rings. The van der Waals surface area contributed by atoms with Crippen LogP contribution in [0.15, 0.2) is 48.5 Å². The number of rotatable bonds is 2. The summed E-state index contributed by atoms with van der Waals surface area (Å²) in [4.78, 5) is 17.4. The topological polar surface area (TPSA) is 75.6 Å². The summed E-state index contributed by atoms with van der Waals surface area (Å²) in [5.74, 6) is 0. The maximum atomic E-state index is 13.4. The number of hydrogen-bond donors (Lipinski definition) is 2. The summed E-state index contributed by atoms with van der Waals surface area (Å²) in [7, 11) is 0. The summed E-state index contributed by atoms with van der Waals surface area (Å²) in [5.41, 5.74) is 15.5. The number of benzene rings is 2. The Kier molecular flexibility index (Phi) is 4.45. The van der Waals surface area contributed by atoms with E-state index in [1.165, 1.54) is 11.1 Å². The second-order valence-electron chi connectivity index (χ2n) is 7.32. The highest BCUT2D eigenvalue weighted by Gasteiger charge is 2.37. The number of amides is 2. The molecule has 2 fully saturated rings. The van der Waals surface area contributed by atoms with Crippen molar-refractivity contribution in [2.75, 3.05) is 24.6 Å². The van der Waals surface area contributed by atoms with Crippen molar-refractivity contribution in [2.24, 2.45) is 0 Å². The van der Waals surface area contributed by atoms with Gasteiger partial charge in [0.15, 0.2) is 0 Å². The third-order valence-corrected chi connectivity index (χ3v) is 5.64. The van der Waals surface area contributed by atoms with E-state index in [9.17, 15) is 4.79 Å². The Balaban J connectivity index is 1.55. The van der Waals surface area contributed by atoms with Crippen LogP contribution in [-0.4, -0.2) is 28.9 Å². The maximum absolute atomic E-state index is 13.4. The van der Waals surface area contributed by atoms with E-state index in [1.54, 1.807) is 0 Å². The van der Waals surface area contributed by atoms with Crippen molar-refractivity contribution in [3.8, 4) is 0 Å². The first kappa shape index (κ1) is 16.8. The zero-order valence-corrected chi connectivity index (χ0v) is 15.0. The second-order valence-corrected chi connectivity index (χ2v) is 7.32. The lowest BCUT2D eigenvalue weighted by Gasteiger charge is -2.33. The highest BCUT2D eigenvalue weighted by atomic mass is 16.2. The molecule has 2 saturated heterocycles. The van der Waals surface area contributed by atoms with Crippen LogP contribution in [0.3, 0.4) is 0 Å². The fourth-order valence-electron chi connectivity index (χ4n) is 4.29. The molecule has 2 unspecified atom stereocenters. The van der Waals surface area contributed by atoms with Gasteiger partial charge in [0.1, 0.15) is 0 Å². The van der Waals surface area contributed by atoms with E-state index in [0.717, 1.165) is 50.1 Å². The molecule has 5 nitrogen and oxygen atoms in total. The first-order valence-electron chi connectivity index (χ1n) is 9.41. The molecule has 2 aromatic rings. The van der Waals surface area contributed by atoms with Gasteiger partial charge in [-0.3, -0.25) is 0 Å². The van der Waals surface area contributed by atoms with Gasteiger partial charge in [0, 0.05) is 24.5 Å². The maximum Gasteiger partial charge on any atom is 0.321 e. The molecule has 136 valence electrons. The van der Waals surface area contributed by atoms with Crippen molar-refractivity contribution in [1.29, 1.82) is 0 Å². The SMILES string of the molecule is Nc1ccc(C2CCCN2C(=O)N2CCCC2c2ccc(N)cc2)cc1. The molecule has 0 aliphatic carbocycles. The molecular weight excluding hydrogens is 324 g/mol. The van der Waals surface area contributed by atoms with Crippen molar-refractivity contribution in [2.45, 2.75) is 37.8 Å². The smallest absolute Gasteiger partial charge is 0.321 e. The molecule has 2 heterocycles. The number of nitrogens with two attached hydrogens (primary N) is 2. The van der Waals surface area contributed by atoms with Gasteiger partial charge >= 0.3 is 6.03 Å². The van der Waals surface area contributed by atoms with Crippen LogP contribution in [0.5, 0.6) is 0 Å². The number of urea groups is 1. The molecule has 26 heavy (non-hydrogen) atoms. The van der Waals surface area contributed by atoms with Crippen LogP contribution in [0.2, 0.25) is 0 Å². The highest BCUT2D eigenvalue weighted by Crippen LogP contribution is 2.38. The molecule has 4 N–H and O–H groups in total. The fraction of sp³-hybridized carbons (Fsp3) is 0.381. The van der Waals surface area contributed by atoms with Crippen molar-refractivity contribution in [1.82, 2.24) is 9.80 Å². The molecule has 4 rings (SSSR count). The Hall–Kier alpha value is -2.69. The number of hydrogen-bond acceptors (Lipinski definition) is 3. The predicted octanol–water partition coefficient (Wildman–Crippen LogP) is 3.95. The van der Waals surface area contributed by atoms with Crippen molar-refractivity contribution < 1.29 is 4.79 Å². The minimum atomic E-state index is 0.149. The van der Waals surface area contributed by atoms with E-state index in [0.29, 0.717) is 0 Å². The monoisotopic (exact) mass is 350 g/mol. The number of carbonyl (C=O) groups is 1. The minimum absolute atomic E-state index is 0.149. The molecule has 0 spiro atoms. The minimum Gasteiger partial charge on any atom is -0.399 e. The van der Waals surface area contributed by atoms with Crippen molar-refractivity contribution in [3.63, 3.8) is 0 Å². The zero-order valence-electron chi connectivity index (χ0n) is 15.0. The summed E-state index contributed by atoms with van der Waals surface area (Å²) in [6.07, 6.45) is 4.11. The molecule has 0 aromatic heterocycles. The molecule has 2 aliphatic heterocycles. The van der Waals surface area contributed by atoms with Gasteiger partial charge in [-0.05, 0) is 61.1 Å². The first-order chi connectivity index (χ1) is 12.6. The summed E-state index contributed by atoms with van der Waals surface area (Å²) < 4.78 is 0. The third-order valence-electron chi connectivity index (χ3n) is 5.64. The van der Waals surface area contributed by atoms with Crippen molar-refractivity contribution in [3.05, 3.63) is 59.7 Å². The average molecular weight is 350 g/mol.